The molecule has 0 amide bonds. The van der Waals surface area contributed by atoms with Gasteiger partial charge in [0.25, 0.3) is 0 Å². The van der Waals surface area contributed by atoms with Crippen LogP contribution < -0.4 is 0 Å². The van der Waals surface area contributed by atoms with E-state index in [1.165, 1.54) is 12.6 Å². The second-order valence-corrected chi connectivity index (χ2v) is 4.01. The van der Waals surface area contributed by atoms with E-state index in [0.29, 0.717) is 6.42 Å². The molecule has 0 aliphatic carbocycles. The molecule has 1 unspecified atom stereocenters. The van der Waals surface area contributed by atoms with Gasteiger partial charge < -0.3 is 4.74 Å². The Morgan fingerprint density at radius 2 is 2.42 bits per heavy atom. The first kappa shape index (κ1) is 11.8. The Morgan fingerprint density at radius 1 is 1.75 bits per heavy atom. The Labute approximate surface area is 82.3 Å². The van der Waals surface area contributed by atoms with Crippen LogP contribution in [0.3, 0.4) is 0 Å². The maximum atomic E-state index is 10.8. The lowest BCUT2D eigenvalue weighted by molar-refractivity contribution is -0.140. The van der Waals surface area contributed by atoms with Crippen molar-refractivity contribution in [1.82, 2.24) is 0 Å². The fraction of sp³-hybridized carbons (Fsp3) is 0.625. The Kier molecular flexibility index (Phi) is 7.40. The summed E-state index contributed by atoms with van der Waals surface area (Å²) < 4.78 is 4.53. The zero-order chi connectivity index (χ0) is 9.40. The van der Waals surface area contributed by atoms with E-state index in [-0.39, 0.29) is 11.2 Å². The van der Waals surface area contributed by atoms with Crippen molar-refractivity contribution in [3.63, 3.8) is 0 Å². The number of thioether (sulfide) groups is 1. The Balaban J connectivity index is 3.45. The van der Waals surface area contributed by atoms with Crippen molar-refractivity contribution in [2.45, 2.75) is 18.6 Å². The summed E-state index contributed by atoms with van der Waals surface area (Å²) in [5.74, 6) is 0.673. The number of rotatable bonds is 5. The van der Waals surface area contributed by atoms with Crippen LogP contribution in [0, 0.1) is 0 Å². The van der Waals surface area contributed by atoms with E-state index in [4.69, 9.17) is 11.6 Å². The molecule has 0 aliphatic heterocycles. The van der Waals surface area contributed by atoms with E-state index in [1.807, 2.05) is 13.0 Å². The van der Waals surface area contributed by atoms with Gasteiger partial charge in [-0.15, -0.1) is 0 Å². The summed E-state index contributed by atoms with van der Waals surface area (Å²) in [6, 6.07) is 0. The van der Waals surface area contributed by atoms with Gasteiger partial charge in [0.05, 0.1) is 13.5 Å². The zero-order valence-corrected chi connectivity index (χ0v) is 8.82. The van der Waals surface area contributed by atoms with Crippen molar-refractivity contribution < 1.29 is 9.53 Å². The average molecular weight is 209 g/mol. The molecule has 0 N–H and O–H groups in total. The first-order valence-electron chi connectivity index (χ1n) is 3.64. The van der Waals surface area contributed by atoms with Crippen LogP contribution in [0.25, 0.3) is 0 Å². The van der Waals surface area contributed by atoms with Gasteiger partial charge in [0.15, 0.2) is 0 Å². The van der Waals surface area contributed by atoms with Crippen LogP contribution in [0.2, 0.25) is 0 Å². The summed E-state index contributed by atoms with van der Waals surface area (Å²) >= 11 is 7.01. The van der Waals surface area contributed by atoms with Gasteiger partial charge >= 0.3 is 5.97 Å². The molecule has 4 heteroatoms. The number of carbonyl (C=O) groups excluding carboxylic acids is 1. The number of esters is 1. The second-order valence-electron chi connectivity index (χ2n) is 2.29. The second kappa shape index (κ2) is 7.50. The molecule has 0 aliphatic rings. The molecule has 1 atom stereocenters. The number of halogens is 1. The van der Waals surface area contributed by atoms with Gasteiger partial charge in [-0.25, -0.2) is 0 Å². The Morgan fingerprint density at radius 3 is 2.92 bits per heavy atom. The van der Waals surface area contributed by atoms with Crippen molar-refractivity contribution >= 4 is 29.3 Å². The van der Waals surface area contributed by atoms with Crippen molar-refractivity contribution in [2.75, 3.05) is 12.9 Å². The minimum atomic E-state index is -0.162. The molecule has 0 spiro atoms. The molecule has 12 heavy (non-hydrogen) atoms. The van der Waals surface area contributed by atoms with Gasteiger partial charge in [0.1, 0.15) is 0 Å². The summed E-state index contributed by atoms with van der Waals surface area (Å²) in [4.78, 5) is 10.8. The number of methoxy groups -OCH3 is 1. The maximum absolute atomic E-state index is 10.8. The molecule has 0 heterocycles. The van der Waals surface area contributed by atoms with Crippen LogP contribution in [-0.2, 0) is 9.53 Å². The molecular weight excluding hydrogens is 196 g/mol. The summed E-state index contributed by atoms with van der Waals surface area (Å²) in [7, 11) is 1.40. The molecule has 0 radical (unpaired) electrons. The minimum absolute atomic E-state index is 0.162. The molecular formula is C8H13ClO2S. The number of carbonyl (C=O) groups is 1. The molecule has 2 nitrogen and oxygen atoms in total. The van der Waals surface area contributed by atoms with E-state index >= 15 is 0 Å². The highest BCUT2D eigenvalue weighted by Gasteiger charge is 2.07. The lowest BCUT2D eigenvalue weighted by atomic mass is 10.3. The normalized spacial score (nSPS) is 13.2. The third-order valence-electron chi connectivity index (χ3n) is 1.25. The highest BCUT2D eigenvalue weighted by Crippen LogP contribution is 2.14. The van der Waals surface area contributed by atoms with Crippen molar-refractivity contribution in [2.24, 2.45) is 0 Å². The highest BCUT2D eigenvalue weighted by atomic mass is 35.5. The quantitative estimate of drug-likeness (QED) is 0.650. The minimum Gasteiger partial charge on any atom is -0.469 e. The SMILES string of the molecule is COC(=O)CC(C)SCC=CCl. The van der Waals surface area contributed by atoms with Crippen molar-refractivity contribution in [3.05, 3.63) is 11.6 Å². The molecule has 0 saturated heterocycles. The smallest absolute Gasteiger partial charge is 0.306 e. The molecule has 0 rings (SSSR count). The molecule has 0 aromatic carbocycles. The van der Waals surface area contributed by atoms with Crippen LogP contribution in [0.15, 0.2) is 11.6 Å². The summed E-state index contributed by atoms with van der Waals surface area (Å²) in [6.45, 7) is 1.99. The summed E-state index contributed by atoms with van der Waals surface area (Å²) in [6.07, 6.45) is 2.30. The first-order valence-corrected chi connectivity index (χ1v) is 5.13. The number of hydrogen-bond acceptors (Lipinski definition) is 3. The summed E-state index contributed by atoms with van der Waals surface area (Å²) in [5.41, 5.74) is 1.48. The fourth-order valence-corrected chi connectivity index (χ4v) is 1.62. The Hall–Kier alpha value is -0.150. The maximum Gasteiger partial charge on any atom is 0.306 e. The van der Waals surface area contributed by atoms with Crippen LogP contribution in [0.4, 0.5) is 0 Å². The van der Waals surface area contributed by atoms with E-state index in [2.05, 4.69) is 4.74 Å². The molecule has 0 fully saturated rings. The van der Waals surface area contributed by atoms with Gasteiger partial charge in [-0.05, 0) is 0 Å². The fourth-order valence-electron chi connectivity index (χ4n) is 0.633. The summed E-state index contributed by atoms with van der Waals surface area (Å²) in [5, 5.41) is 0.283. The topological polar surface area (TPSA) is 26.3 Å². The van der Waals surface area contributed by atoms with E-state index in [1.54, 1.807) is 11.8 Å². The van der Waals surface area contributed by atoms with Gasteiger partial charge in [-0.1, -0.05) is 24.6 Å². The van der Waals surface area contributed by atoms with Crippen LogP contribution in [0.5, 0.6) is 0 Å². The van der Waals surface area contributed by atoms with Gasteiger partial charge in [-0.2, -0.15) is 11.8 Å². The average Bonchev–Trinajstić information content (AvgIpc) is 2.05. The Bertz CT molecular complexity index is 159. The van der Waals surface area contributed by atoms with E-state index in [0.717, 1.165) is 5.75 Å². The van der Waals surface area contributed by atoms with Crippen LogP contribution >= 0.6 is 23.4 Å². The first-order chi connectivity index (χ1) is 5.70. The predicted octanol–water partition coefficient (Wildman–Crippen LogP) is 2.42. The van der Waals surface area contributed by atoms with E-state index < -0.39 is 0 Å². The predicted molar refractivity (Wildman–Crippen MR) is 53.5 cm³/mol. The molecule has 0 aromatic heterocycles. The van der Waals surface area contributed by atoms with E-state index in [9.17, 15) is 4.79 Å². The van der Waals surface area contributed by atoms with Crippen molar-refractivity contribution in [1.29, 1.82) is 0 Å². The number of ether oxygens (including phenoxy) is 1. The van der Waals surface area contributed by atoms with Gasteiger partial charge in [0, 0.05) is 16.5 Å². The number of hydrogen-bond donors (Lipinski definition) is 0. The third-order valence-corrected chi connectivity index (χ3v) is 2.55. The highest BCUT2D eigenvalue weighted by molar-refractivity contribution is 8.00. The third kappa shape index (κ3) is 6.55. The molecule has 0 aromatic rings. The largest absolute Gasteiger partial charge is 0.469 e. The van der Waals surface area contributed by atoms with Gasteiger partial charge in [0.2, 0.25) is 0 Å². The molecule has 70 valence electrons. The molecule has 0 saturated carbocycles. The standard InChI is InChI=1S/C8H13ClO2S/c1-7(6-8(10)11-2)12-5-3-4-9/h3-4,7H,5-6H2,1-2H3. The monoisotopic (exact) mass is 208 g/mol. The lowest BCUT2D eigenvalue weighted by Gasteiger charge is -2.06. The molecule has 0 bridgehead atoms. The lowest BCUT2D eigenvalue weighted by Crippen LogP contribution is -2.08. The van der Waals surface area contributed by atoms with Crippen LogP contribution in [-0.4, -0.2) is 24.1 Å². The zero-order valence-electron chi connectivity index (χ0n) is 7.25. The van der Waals surface area contributed by atoms with Gasteiger partial charge in [-0.3, -0.25) is 4.79 Å². The van der Waals surface area contributed by atoms with Crippen molar-refractivity contribution in [3.8, 4) is 0 Å². The van der Waals surface area contributed by atoms with Crippen LogP contribution in [0.1, 0.15) is 13.3 Å².